The molecule has 1 atom stereocenters. The second-order valence-electron chi connectivity index (χ2n) is 3.50. The van der Waals surface area contributed by atoms with E-state index in [0.717, 1.165) is 10.9 Å². The Balaban J connectivity index is 1.76. The Hall–Kier alpha value is 0.300. The van der Waals surface area contributed by atoms with Gasteiger partial charge < -0.3 is 5.32 Å². The first-order chi connectivity index (χ1) is 6.84. The van der Waals surface area contributed by atoms with Gasteiger partial charge in [-0.2, -0.15) is 11.8 Å². The molecular weight excluding hydrogens is 234 g/mol. The molecule has 1 aromatic rings. The van der Waals surface area contributed by atoms with Crippen molar-refractivity contribution in [1.29, 1.82) is 0 Å². The summed E-state index contributed by atoms with van der Waals surface area (Å²) in [6.45, 7) is 0.975. The first-order valence-electron chi connectivity index (χ1n) is 4.90. The predicted octanol–water partition coefficient (Wildman–Crippen LogP) is 3.39. The van der Waals surface area contributed by atoms with Crippen LogP contribution in [-0.4, -0.2) is 17.5 Å². The molecule has 0 radical (unpaired) electrons. The summed E-state index contributed by atoms with van der Waals surface area (Å²) in [5, 5.41) is 3.58. The number of rotatable bonds is 3. The number of halogens is 1. The summed E-state index contributed by atoms with van der Waals surface area (Å²) in [5.41, 5.74) is 0. The second kappa shape index (κ2) is 5.40. The summed E-state index contributed by atoms with van der Waals surface area (Å²) < 4.78 is 0.889. The highest BCUT2D eigenvalue weighted by Gasteiger charge is 2.12. The smallest absolute Gasteiger partial charge is 0.0931 e. The summed E-state index contributed by atoms with van der Waals surface area (Å²) in [6, 6.07) is 4.78. The number of hydrogen-bond donors (Lipinski definition) is 1. The molecule has 0 aromatic carbocycles. The highest BCUT2D eigenvalue weighted by molar-refractivity contribution is 7.99. The Morgan fingerprint density at radius 1 is 1.50 bits per heavy atom. The number of hydrogen-bond acceptors (Lipinski definition) is 3. The lowest BCUT2D eigenvalue weighted by Gasteiger charge is -2.22. The van der Waals surface area contributed by atoms with E-state index in [1.807, 2.05) is 6.07 Å². The van der Waals surface area contributed by atoms with Crippen LogP contribution in [-0.2, 0) is 6.54 Å². The first kappa shape index (κ1) is 10.8. The van der Waals surface area contributed by atoms with Crippen molar-refractivity contribution in [3.8, 4) is 0 Å². The lowest BCUT2D eigenvalue weighted by Crippen LogP contribution is -2.32. The van der Waals surface area contributed by atoms with Gasteiger partial charge in [-0.3, -0.25) is 0 Å². The van der Waals surface area contributed by atoms with Gasteiger partial charge >= 0.3 is 0 Å². The van der Waals surface area contributed by atoms with Gasteiger partial charge in [-0.1, -0.05) is 11.6 Å². The van der Waals surface area contributed by atoms with E-state index in [1.165, 1.54) is 29.2 Å². The Morgan fingerprint density at radius 3 is 3.07 bits per heavy atom. The molecule has 1 N–H and O–H groups in total. The van der Waals surface area contributed by atoms with E-state index < -0.39 is 0 Å². The lowest BCUT2D eigenvalue weighted by atomic mass is 10.2. The molecule has 78 valence electrons. The van der Waals surface area contributed by atoms with Crippen LogP contribution in [0.2, 0.25) is 4.34 Å². The Morgan fingerprint density at radius 2 is 2.43 bits per heavy atom. The van der Waals surface area contributed by atoms with E-state index >= 15 is 0 Å². The number of thioether (sulfide) groups is 1. The van der Waals surface area contributed by atoms with Crippen molar-refractivity contribution in [2.24, 2.45) is 0 Å². The molecule has 0 aliphatic carbocycles. The van der Waals surface area contributed by atoms with Crippen LogP contribution in [0, 0.1) is 0 Å². The Labute approximate surface area is 98.2 Å². The van der Waals surface area contributed by atoms with Crippen LogP contribution in [0.25, 0.3) is 0 Å². The molecule has 2 rings (SSSR count). The van der Waals surface area contributed by atoms with Crippen LogP contribution < -0.4 is 5.32 Å². The third-order valence-electron chi connectivity index (χ3n) is 2.35. The monoisotopic (exact) mass is 247 g/mol. The molecule has 1 aliphatic rings. The van der Waals surface area contributed by atoms with E-state index in [2.05, 4.69) is 23.1 Å². The fraction of sp³-hybridized carbons (Fsp3) is 0.600. The maximum Gasteiger partial charge on any atom is 0.0931 e. The van der Waals surface area contributed by atoms with Crippen LogP contribution in [0.15, 0.2) is 12.1 Å². The fourth-order valence-corrected chi connectivity index (χ4v) is 3.74. The standard InChI is InChI=1S/C10H14ClNS2/c11-10-4-3-9(14-10)6-12-8-2-1-5-13-7-8/h3-4,8,12H,1-2,5-7H2. The molecule has 1 aromatic heterocycles. The van der Waals surface area contributed by atoms with Gasteiger partial charge in [-0.15, -0.1) is 11.3 Å². The molecule has 1 aliphatic heterocycles. The molecule has 1 saturated heterocycles. The van der Waals surface area contributed by atoms with Crippen molar-refractivity contribution in [3.05, 3.63) is 21.3 Å². The van der Waals surface area contributed by atoms with Gasteiger partial charge in [-0.25, -0.2) is 0 Å². The van der Waals surface area contributed by atoms with Gasteiger partial charge in [0.05, 0.1) is 4.34 Å². The van der Waals surface area contributed by atoms with Gasteiger partial charge in [0.15, 0.2) is 0 Å². The molecule has 1 nitrogen and oxygen atoms in total. The van der Waals surface area contributed by atoms with Gasteiger partial charge in [-0.05, 0) is 30.7 Å². The average molecular weight is 248 g/mol. The maximum absolute atomic E-state index is 5.87. The van der Waals surface area contributed by atoms with Crippen LogP contribution in [0.5, 0.6) is 0 Å². The molecule has 2 heterocycles. The average Bonchev–Trinajstić information content (AvgIpc) is 2.63. The molecule has 0 bridgehead atoms. The molecule has 0 saturated carbocycles. The maximum atomic E-state index is 5.87. The topological polar surface area (TPSA) is 12.0 Å². The highest BCUT2D eigenvalue weighted by atomic mass is 35.5. The zero-order valence-electron chi connectivity index (χ0n) is 7.96. The summed E-state index contributed by atoms with van der Waals surface area (Å²) in [5.74, 6) is 2.60. The van der Waals surface area contributed by atoms with Crippen molar-refractivity contribution in [2.45, 2.75) is 25.4 Å². The molecule has 14 heavy (non-hydrogen) atoms. The Kier molecular flexibility index (Phi) is 4.17. The third kappa shape index (κ3) is 3.16. The van der Waals surface area contributed by atoms with Gasteiger partial charge in [0, 0.05) is 23.2 Å². The van der Waals surface area contributed by atoms with E-state index in [0.29, 0.717) is 6.04 Å². The van der Waals surface area contributed by atoms with E-state index in [-0.39, 0.29) is 0 Å². The number of thiophene rings is 1. The zero-order valence-corrected chi connectivity index (χ0v) is 10.4. The summed E-state index contributed by atoms with van der Waals surface area (Å²) in [6.07, 6.45) is 2.68. The van der Waals surface area contributed by atoms with Gasteiger partial charge in [0.25, 0.3) is 0 Å². The quantitative estimate of drug-likeness (QED) is 0.879. The van der Waals surface area contributed by atoms with E-state index in [4.69, 9.17) is 11.6 Å². The second-order valence-corrected chi connectivity index (χ2v) is 6.45. The largest absolute Gasteiger partial charge is 0.308 e. The van der Waals surface area contributed by atoms with Crippen molar-refractivity contribution in [3.63, 3.8) is 0 Å². The van der Waals surface area contributed by atoms with Crippen LogP contribution in [0.4, 0.5) is 0 Å². The highest BCUT2D eigenvalue weighted by Crippen LogP contribution is 2.22. The predicted molar refractivity (Wildman–Crippen MR) is 66.5 cm³/mol. The SMILES string of the molecule is Clc1ccc(CNC2CCCSC2)s1. The van der Waals surface area contributed by atoms with Crippen molar-refractivity contribution < 1.29 is 0 Å². The first-order valence-corrected chi connectivity index (χ1v) is 7.25. The molecule has 1 fully saturated rings. The van der Waals surface area contributed by atoms with Gasteiger partial charge in [0.1, 0.15) is 0 Å². The summed E-state index contributed by atoms with van der Waals surface area (Å²) in [4.78, 5) is 1.34. The minimum atomic E-state index is 0.703. The van der Waals surface area contributed by atoms with Crippen molar-refractivity contribution in [2.75, 3.05) is 11.5 Å². The van der Waals surface area contributed by atoms with Crippen LogP contribution in [0.1, 0.15) is 17.7 Å². The van der Waals surface area contributed by atoms with Crippen LogP contribution in [0.3, 0.4) is 0 Å². The molecule has 4 heteroatoms. The minimum absolute atomic E-state index is 0.703. The fourth-order valence-electron chi connectivity index (χ4n) is 1.59. The molecule has 0 amide bonds. The lowest BCUT2D eigenvalue weighted by molar-refractivity contribution is 0.510. The molecule has 1 unspecified atom stereocenters. The van der Waals surface area contributed by atoms with Crippen molar-refractivity contribution >= 4 is 34.7 Å². The zero-order chi connectivity index (χ0) is 9.80. The third-order valence-corrected chi connectivity index (χ3v) is 4.80. The van der Waals surface area contributed by atoms with E-state index in [9.17, 15) is 0 Å². The minimum Gasteiger partial charge on any atom is -0.308 e. The normalized spacial score (nSPS) is 22.5. The molecule has 0 spiro atoms. The van der Waals surface area contributed by atoms with E-state index in [1.54, 1.807) is 11.3 Å². The van der Waals surface area contributed by atoms with Gasteiger partial charge in [0.2, 0.25) is 0 Å². The summed E-state index contributed by atoms with van der Waals surface area (Å²) in [7, 11) is 0. The number of nitrogens with one attached hydrogen (secondary N) is 1. The molecular formula is C10H14ClNS2. The Bertz CT molecular complexity index is 281. The summed E-state index contributed by atoms with van der Waals surface area (Å²) >= 11 is 9.60. The van der Waals surface area contributed by atoms with Crippen LogP contribution >= 0.6 is 34.7 Å². The van der Waals surface area contributed by atoms with Crippen molar-refractivity contribution in [1.82, 2.24) is 5.32 Å².